The van der Waals surface area contributed by atoms with E-state index in [0.29, 0.717) is 32.6 Å². The zero-order valence-corrected chi connectivity index (χ0v) is 20.2. The van der Waals surface area contributed by atoms with Crippen LogP contribution in [0.25, 0.3) is 11.8 Å². The van der Waals surface area contributed by atoms with Gasteiger partial charge in [-0.15, -0.1) is 0 Å². The van der Waals surface area contributed by atoms with E-state index in [9.17, 15) is 8.78 Å². The Balaban J connectivity index is 0.00000115. The van der Waals surface area contributed by atoms with Gasteiger partial charge < -0.3 is 21.1 Å². The molecule has 0 spiro atoms. The lowest BCUT2D eigenvalue weighted by molar-refractivity contribution is -0.106. The molecule has 4 heterocycles. The van der Waals surface area contributed by atoms with Crippen LogP contribution in [-0.4, -0.2) is 47.0 Å². The molecule has 0 aliphatic carbocycles. The summed E-state index contributed by atoms with van der Waals surface area (Å²) in [6.07, 6.45) is 6.93. The monoisotopic (exact) mass is 511 g/mol. The van der Waals surface area contributed by atoms with Gasteiger partial charge in [-0.3, -0.25) is 14.8 Å². The number of alkyl halides is 2. The number of hydrogen-bond acceptors (Lipinski definition) is 7. The molecule has 0 saturated carbocycles. The molecule has 1 amide bonds. The Morgan fingerprint density at radius 2 is 2.08 bits per heavy atom. The zero-order chi connectivity index (χ0) is 26.1. The molecule has 0 radical (unpaired) electrons. The number of hydrogen-bond donors (Lipinski definition) is 3. The van der Waals surface area contributed by atoms with Gasteiger partial charge in [0.25, 0.3) is 6.43 Å². The van der Waals surface area contributed by atoms with Crippen LogP contribution in [0, 0.1) is 6.92 Å². The molecule has 4 N–H and O–H groups in total. The number of amidine groups is 1. The van der Waals surface area contributed by atoms with Crippen molar-refractivity contribution in [2.45, 2.75) is 19.4 Å². The molecule has 4 rings (SSSR count). The topological polar surface area (TPSA) is 127 Å². The number of carbonyl (C=O) groups excluding carboxylic acids is 1. The fourth-order valence-electron chi connectivity index (χ4n) is 3.29. The van der Waals surface area contributed by atoms with Gasteiger partial charge in [-0.1, -0.05) is 18.3 Å². The van der Waals surface area contributed by atoms with E-state index in [-0.39, 0.29) is 18.1 Å². The maximum Gasteiger partial charge on any atom is 0.278 e. The van der Waals surface area contributed by atoms with Gasteiger partial charge in [0.1, 0.15) is 16.8 Å². The summed E-state index contributed by atoms with van der Waals surface area (Å²) in [5.74, 6) is 0.740. The van der Waals surface area contributed by atoms with Crippen LogP contribution < -0.4 is 26.8 Å². The summed E-state index contributed by atoms with van der Waals surface area (Å²) in [5, 5.41) is 6.96. The average molecular weight is 512 g/mol. The third kappa shape index (κ3) is 6.42. The Hall–Kier alpha value is -4.32. The van der Waals surface area contributed by atoms with E-state index in [1.165, 1.54) is 19.4 Å². The molecular weight excluding hydrogens is 488 g/mol. The predicted octanol–water partition coefficient (Wildman–Crippen LogP) is 1.16. The van der Waals surface area contributed by atoms with Gasteiger partial charge in [-0.25, -0.2) is 18.8 Å². The Morgan fingerprint density at radius 3 is 2.72 bits per heavy atom. The Bertz CT molecular complexity index is 1370. The minimum absolute atomic E-state index is 0.222. The largest absolute Gasteiger partial charge is 0.495 e. The number of methoxy groups -OCH3 is 1. The van der Waals surface area contributed by atoms with Gasteiger partial charge in [-0.05, 0) is 36.4 Å². The van der Waals surface area contributed by atoms with Gasteiger partial charge in [0.2, 0.25) is 6.41 Å². The Kier molecular flexibility index (Phi) is 9.06. The minimum Gasteiger partial charge on any atom is -0.495 e. The summed E-state index contributed by atoms with van der Waals surface area (Å²) >= 11 is 5.43. The Morgan fingerprint density at radius 1 is 1.31 bits per heavy atom. The first-order chi connectivity index (χ1) is 17.4. The van der Waals surface area contributed by atoms with Crippen molar-refractivity contribution < 1.29 is 18.3 Å². The van der Waals surface area contributed by atoms with E-state index in [2.05, 4.69) is 36.3 Å². The van der Waals surface area contributed by atoms with Crippen LogP contribution in [0.1, 0.15) is 17.4 Å². The quantitative estimate of drug-likeness (QED) is 0.415. The van der Waals surface area contributed by atoms with Gasteiger partial charge in [0, 0.05) is 47.5 Å². The number of primary amides is 1. The van der Waals surface area contributed by atoms with Crippen LogP contribution in [0.4, 0.5) is 8.78 Å². The number of nitrogens with two attached hydrogens (primary N) is 1. The van der Waals surface area contributed by atoms with Crippen molar-refractivity contribution in [1.29, 1.82) is 0 Å². The van der Waals surface area contributed by atoms with Gasteiger partial charge in [0.05, 0.1) is 18.5 Å². The second-order valence-corrected chi connectivity index (χ2v) is 7.69. The number of ether oxygens (including phenoxy) is 1. The molecule has 2 aliphatic rings. The fraction of sp³-hybridized carbons (Fsp3) is 0.167. The number of dihydropyridines is 1. The normalized spacial score (nSPS) is 20.0. The highest BCUT2D eigenvalue weighted by atomic mass is 32.1. The van der Waals surface area contributed by atoms with Crippen molar-refractivity contribution >= 4 is 47.4 Å². The van der Waals surface area contributed by atoms with E-state index in [4.69, 9.17) is 21.7 Å². The highest BCUT2D eigenvalue weighted by Gasteiger charge is 2.20. The average Bonchev–Trinajstić information content (AvgIpc) is 2.89. The summed E-state index contributed by atoms with van der Waals surface area (Å²) in [7, 11) is 1.48. The lowest BCUT2D eigenvalue weighted by atomic mass is 10.1. The van der Waals surface area contributed by atoms with E-state index in [1.807, 2.05) is 25.1 Å². The summed E-state index contributed by atoms with van der Waals surface area (Å²) in [4.78, 5) is 26.4. The number of aliphatic imine (C=N–C) groups is 2. The summed E-state index contributed by atoms with van der Waals surface area (Å²) < 4.78 is 32.0. The first-order valence-electron chi connectivity index (χ1n) is 10.5. The van der Waals surface area contributed by atoms with Crippen LogP contribution in [0.5, 0.6) is 0 Å². The predicted molar refractivity (Wildman–Crippen MR) is 137 cm³/mol. The van der Waals surface area contributed by atoms with Gasteiger partial charge >= 0.3 is 0 Å². The minimum atomic E-state index is -2.66. The lowest BCUT2D eigenvalue weighted by Crippen LogP contribution is -2.37. The van der Waals surface area contributed by atoms with E-state index in [1.54, 1.807) is 30.9 Å². The lowest BCUT2D eigenvalue weighted by Gasteiger charge is -2.19. The zero-order valence-electron chi connectivity index (χ0n) is 19.4. The SMILES string of the molecule is COC1=CNC(C(F)F)=C/C1=c1/cc(C)nc/c1=C/N=C1N=CC(c2ccccn2)NC1=S.NC=O. The number of thiocarbonyl (C=S) groups is 1. The number of allylic oxidation sites excluding steroid dienone is 2. The number of pyridine rings is 2. The smallest absolute Gasteiger partial charge is 0.278 e. The number of carbonyl (C=O) groups is 1. The molecule has 9 nitrogen and oxygen atoms in total. The van der Waals surface area contributed by atoms with Crippen molar-refractivity contribution in [3.8, 4) is 0 Å². The number of nitrogens with zero attached hydrogens (tertiary/aromatic N) is 4. The van der Waals surface area contributed by atoms with Crippen molar-refractivity contribution in [2.24, 2.45) is 15.7 Å². The van der Waals surface area contributed by atoms with E-state index in [0.717, 1.165) is 11.4 Å². The number of amides is 1. The molecular formula is C24H23F2N7O2S. The molecule has 2 aromatic heterocycles. The molecule has 12 heteroatoms. The Labute approximate surface area is 210 Å². The van der Waals surface area contributed by atoms with Crippen LogP contribution in [0.2, 0.25) is 0 Å². The maximum absolute atomic E-state index is 13.3. The molecule has 1 unspecified atom stereocenters. The van der Waals surface area contributed by atoms with Crippen LogP contribution in [0.3, 0.4) is 0 Å². The van der Waals surface area contributed by atoms with Crippen molar-refractivity contribution in [3.05, 3.63) is 82.2 Å². The number of aryl methyl sites for hydroxylation is 1. The van der Waals surface area contributed by atoms with Gasteiger partial charge in [-0.2, -0.15) is 0 Å². The second-order valence-electron chi connectivity index (χ2n) is 7.29. The molecule has 2 aliphatic heterocycles. The molecule has 36 heavy (non-hydrogen) atoms. The second kappa shape index (κ2) is 12.4. The summed E-state index contributed by atoms with van der Waals surface area (Å²) in [6.45, 7) is 1.82. The maximum atomic E-state index is 13.3. The highest BCUT2D eigenvalue weighted by Crippen LogP contribution is 2.20. The summed E-state index contributed by atoms with van der Waals surface area (Å²) in [6, 6.07) is 7.15. The van der Waals surface area contributed by atoms with E-state index >= 15 is 0 Å². The molecule has 2 aromatic rings. The van der Waals surface area contributed by atoms with Crippen molar-refractivity contribution in [3.63, 3.8) is 0 Å². The van der Waals surface area contributed by atoms with Crippen LogP contribution in [-0.2, 0) is 9.53 Å². The molecule has 0 aromatic carbocycles. The molecule has 0 bridgehead atoms. The first kappa shape index (κ1) is 26.3. The number of aromatic nitrogens is 2. The first-order valence-corrected chi connectivity index (χ1v) is 11.0. The number of nitrogens with one attached hydrogen (secondary N) is 2. The number of halogens is 2. The highest BCUT2D eigenvalue weighted by molar-refractivity contribution is 7.82. The number of rotatable bonds is 4. The fourth-order valence-corrected chi connectivity index (χ4v) is 3.52. The molecule has 1 atom stereocenters. The van der Waals surface area contributed by atoms with E-state index < -0.39 is 6.43 Å². The molecule has 0 fully saturated rings. The van der Waals surface area contributed by atoms with Gasteiger partial charge in [0.15, 0.2) is 5.84 Å². The molecule has 186 valence electrons. The third-order valence-corrected chi connectivity index (χ3v) is 5.22. The van der Waals surface area contributed by atoms with Crippen LogP contribution in [0.15, 0.2) is 70.4 Å². The standard InChI is InChI=1S/C23H20F2N6OS.CH3NO/c1-13-7-15(16-8-18(21(24)25)28-12-20(16)32-2)14(9-27-13)10-29-22-23(33)31-19(11-30-22)17-5-3-4-6-26-17;2-1-3/h3-12,19,21,28H,1-2H3,(H,31,33);1H,(H2,2,3)/b14-10-,16-15+,29-22?;. The summed E-state index contributed by atoms with van der Waals surface area (Å²) in [5.41, 5.74) is 5.95. The van der Waals surface area contributed by atoms with Crippen molar-refractivity contribution in [1.82, 2.24) is 20.6 Å². The van der Waals surface area contributed by atoms with Crippen LogP contribution >= 0.6 is 12.2 Å². The van der Waals surface area contributed by atoms with Crippen molar-refractivity contribution in [2.75, 3.05) is 7.11 Å². The molecule has 0 saturated heterocycles. The third-order valence-electron chi connectivity index (χ3n) is 4.92.